The molecule has 2 aromatic heterocycles. The van der Waals surface area contributed by atoms with Crippen LogP contribution in [0.2, 0.25) is 0 Å². The second-order valence-electron chi connectivity index (χ2n) is 5.92. The van der Waals surface area contributed by atoms with Crippen molar-refractivity contribution in [3.8, 4) is 23.3 Å². The van der Waals surface area contributed by atoms with Crippen molar-refractivity contribution in [1.82, 2.24) is 14.8 Å². The zero-order chi connectivity index (χ0) is 20.4. The Hall–Kier alpha value is -3.66. The van der Waals surface area contributed by atoms with Crippen molar-refractivity contribution in [1.29, 1.82) is 0 Å². The SMILES string of the molecule is COc1nc(-c2ccco2)n(-c2ccc(NS(=O)(=O)c3ccc(F)cc3)cc2)n1. The first-order chi connectivity index (χ1) is 14.0. The maximum atomic E-state index is 13.0. The van der Waals surface area contributed by atoms with E-state index >= 15 is 0 Å². The normalized spacial score (nSPS) is 11.4. The first-order valence-corrected chi connectivity index (χ1v) is 9.88. The van der Waals surface area contributed by atoms with Gasteiger partial charge in [-0.1, -0.05) is 0 Å². The second-order valence-corrected chi connectivity index (χ2v) is 7.60. The summed E-state index contributed by atoms with van der Waals surface area (Å²) in [7, 11) is -2.38. The fourth-order valence-corrected chi connectivity index (χ4v) is 3.68. The molecule has 0 bridgehead atoms. The van der Waals surface area contributed by atoms with Gasteiger partial charge in [-0.15, -0.1) is 5.10 Å². The summed E-state index contributed by atoms with van der Waals surface area (Å²) >= 11 is 0. The van der Waals surface area contributed by atoms with Crippen molar-refractivity contribution in [3.63, 3.8) is 0 Å². The third-order valence-corrected chi connectivity index (χ3v) is 5.40. The van der Waals surface area contributed by atoms with Gasteiger partial charge in [0, 0.05) is 5.69 Å². The third-order valence-electron chi connectivity index (χ3n) is 4.00. The van der Waals surface area contributed by atoms with E-state index in [1.54, 1.807) is 36.4 Å². The summed E-state index contributed by atoms with van der Waals surface area (Å²) in [6, 6.07) is 14.7. The Kier molecular flexibility index (Phi) is 4.77. The lowest BCUT2D eigenvalue weighted by atomic mass is 10.3. The first-order valence-electron chi connectivity index (χ1n) is 8.40. The quantitative estimate of drug-likeness (QED) is 0.519. The van der Waals surface area contributed by atoms with Gasteiger partial charge in [-0.05, 0) is 60.7 Å². The van der Waals surface area contributed by atoms with Gasteiger partial charge in [0.2, 0.25) is 5.82 Å². The van der Waals surface area contributed by atoms with Crippen LogP contribution in [0.15, 0.2) is 76.2 Å². The van der Waals surface area contributed by atoms with Crippen LogP contribution in [0, 0.1) is 5.82 Å². The van der Waals surface area contributed by atoms with Crippen LogP contribution in [-0.4, -0.2) is 30.3 Å². The van der Waals surface area contributed by atoms with Gasteiger partial charge >= 0.3 is 6.01 Å². The fourth-order valence-electron chi connectivity index (χ4n) is 2.62. The monoisotopic (exact) mass is 414 g/mol. The largest absolute Gasteiger partial charge is 0.466 e. The molecule has 0 spiro atoms. The van der Waals surface area contributed by atoms with Crippen LogP contribution < -0.4 is 9.46 Å². The number of benzene rings is 2. The Morgan fingerprint density at radius 1 is 1.07 bits per heavy atom. The molecule has 4 aromatic rings. The highest BCUT2D eigenvalue weighted by Gasteiger charge is 2.17. The maximum absolute atomic E-state index is 13.0. The molecule has 148 valence electrons. The summed E-state index contributed by atoms with van der Waals surface area (Å²) in [6.45, 7) is 0. The lowest BCUT2D eigenvalue weighted by Crippen LogP contribution is -2.13. The number of nitrogens with one attached hydrogen (secondary N) is 1. The second kappa shape index (κ2) is 7.40. The highest BCUT2D eigenvalue weighted by Crippen LogP contribution is 2.25. The Morgan fingerprint density at radius 2 is 1.79 bits per heavy atom. The molecule has 0 fully saturated rings. The molecule has 10 heteroatoms. The summed E-state index contributed by atoms with van der Waals surface area (Å²) < 4.78 is 52.3. The number of methoxy groups -OCH3 is 1. The van der Waals surface area contributed by atoms with Crippen LogP contribution in [0.25, 0.3) is 17.3 Å². The van der Waals surface area contributed by atoms with Gasteiger partial charge in [0.25, 0.3) is 10.0 Å². The van der Waals surface area contributed by atoms with E-state index in [-0.39, 0.29) is 10.9 Å². The molecular weight excluding hydrogens is 399 g/mol. The van der Waals surface area contributed by atoms with Gasteiger partial charge < -0.3 is 9.15 Å². The average Bonchev–Trinajstić information content (AvgIpc) is 3.38. The molecule has 0 aliphatic carbocycles. The molecule has 0 amide bonds. The number of aromatic nitrogens is 3. The minimum Gasteiger partial charge on any atom is -0.466 e. The number of ether oxygens (including phenoxy) is 1. The maximum Gasteiger partial charge on any atom is 0.336 e. The molecular formula is C19H15FN4O4S. The number of nitrogens with zero attached hydrogens (tertiary/aromatic N) is 3. The minimum atomic E-state index is -3.84. The van der Waals surface area contributed by atoms with Gasteiger partial charge in [-0.25, -0.2) is 17.5 Å². The van der Waals surface area contributed by atoms with E-state index < -0.39 is 15.8 Å². The smallest absolute Gasteiger partial charge is 0.336 e. The van der Waals surface area contributed by atoms with Gasteiger partial charge in [-0.2, -0.15) is 4.98 Å². The van der Waals surface area contributed by atoms with E-state index in [9.17, 15) is 12.8 Å². The van der Waals surface area contributed by atoms with Crippen LogP contribution in [0.3, 0.4) is 0 Å². The predicted octanol–water partition coefficient (Wildman–Crippen LogP) is 3.48. The molecule has 0 aliphatic heterocycles. The molecule has 29 heavy (non-hydrogen) atoms. The molecule has 0 aliphatic rings. The number of hydrogen-bond acceptors (Lipinski definition) is 6. The number of hydrogen-bond donors (Lipinski definition) is 1. The number of furan rings is 1. The van der Waals surface area contributed by atoms with Gasteiger partial charge in [0.1, 0.15) is 5.82 Å². The molecule has 8 nitrogen and oxygen atoms in total. The van der Waals surface area contributed by atoms with Crippen LogP contribution in [-0.2, 0) is 10.0 Å². The minimum absolute atomic E-state index is 0.0379. The van der Waals surface area contributed by atoms with Gasteiger partial charge in [-0.3, -0.25) is 4.72 Å². The van der Waals surface area contributed by atoms with Crippen molar-refractivity contribution >= 4 is 15.7 Å². The van der Waals surface area contributed by atoms with Crippen molar-refractivity contribution in [2.24, 2.45) is 0 Å². The molecule has 0 unspecified atom stereocenters. The van der Waals surface area contributed by atoms with E-state index in [4.69, 9.17) is 9.15 Å². The van der Waals surface area contributed by atoms with E-state index in [2.05, 4.69) is 14.8 Å². The summed E-state index contributed by atoms with van der Waals surface area (Å²) in [6.07, 6.45) is 1.52. The van der Waals surface area contributed by atoms with Crippen LogP contribution in [0.1, 0.15) is 0 Å². The molecule has 4 rings (SSSR count). The summed E-state index contributed by atoms with van der Waals surface area (Å²) in [5, 5.41) is 4.26. The standard InChI is InChI=1S/C19H15FN4O4S/c1-27-19-21-18(17-3-2-12-28-17)24(22-19)15-8-6-14(7-9-15)23-29(25,26)16-10-4-13(20)5-11-16/h2-12,23H,1H3. The molecule has 1 N–H and O–H groups in total. The van der Waals surface area contributed by atoms with Crippen molar-refractivity contribution in [3.05, 3.63) is 72.7 Å². The molecule has 2 aromatic carbocycles. The number of sulfonamides is 1. The van der Waals surface area contributed by atoms with E-state index in [0.717, 1.165) is 12.1 Å². The number of rotatable bonds is 6. The highest BCUT2D eigenvalue weighted by molar-refractivity contribution is 7.92. The Morgan fingerprint density at radius 3 is 2.41 bits per heavy atom. The third kappa shape index (κ3) is 3.83. The zero-order valence-corrected chi connectivity index (χ0v) is 15.9. The molecule has 2 heterocycles. The fraction of sp³-hybridized carbons (Fsp3) is 0.0526. The topological polar surface area (TPSA) is 99.3 Å². The van der Waals surface area contributed by atoms with Gasteiger partial charge in [0.05, 0.1) is 24.0 Å². The summed E-state index contributed by atoms with van der Waals surface area (Å²) in [5.74, 6) is 0.428. The Labute approximate surface area is 165 Å². The Balaban J connectivity index is 1.62. The van der Waals surface area contributed by atoms with E-state index in [0.29, 0.717) is 23.0 Å². The first kappa shape index (κ1) is 18.7. The van der Waals surface area contributed by atoms with Crippen molar-refractivity contribution in [2.75, 3.05) is 11.8 Å². The zero-order valence-electron chi connectivity index (χ0n) is 15.1. The number of halogens is 1. The Bertz CT molecular complexity index is 1220. The van der Waals surface area contributed by atoms with Crippen LogP contribution in [0.5, 0.6) is 6.01 Å². The van der Waals surface area contributed by atoms with Crippen LogP contribution in [0.4, 0.5) is 10.1 Å². The molecule has 0 saturated heterocycles. The van der Waals surface area contributed by atoms with Crippen molar-refractivity contribution < 1.29 is 22.0 Å². The van der Waals surface area contributed by atoms with Crippen LogP contribution >= 0.6 is 0 Å². The average molecular weight is 414 g/mol. The highest BCUT2D eigenvalue weighted by atomic mass is 32.2. The lowest BCUT2D eigenvalue weighted by Gasteiger charge is -2.09. The summed E-state index contributed by atoms with van der Waals surface area (Å²) in [4.78, 5) is 4.23. The molecule has 0 radical (unpaired) electrons. The predicted molar refractivity (Wildman–Crippen MR) is 103 cm³/mol. The molecule has 0 atom stereocenters. The lowest BCUT2D eigenvalue weighted by molar-refractivity contribution is 0.380. The summed E-state index contributed by atoms with van der Waals surface area (Å²) in [5.41, 5.74) is 0.960. The van der Waals surface area contributed by atoms with Gasteiger partial charge in [0.15, 0.2) is 5.76 Å². The van der Waals surface area contributed by atoms with Crippen molar-refractivity contribution in [2.45, 2.75) is 4.90 Å². The molecule has 0 saturated carbocycles. The number of anilines is 1. The van der Waals surface area contributed by atoms with E-state index in [1.807, 2.05) is 0 Å². The van der Waals surface area contributed by atoms with E-state index in [1.165, 1.54) is 30.2 Å².